The van der Waals surface area contributed by atoms with E-state index in [1.54, 1.807) is 6.07 Å². The first-order valence-corrected chi connectivity index (χ1v) is 11.8. The SMILES string of the molecule is Cc1ccc(Cl)cc1N1CCN(c2ncnc3c2c(-c2ccncc2Cl)nn3OC(=O)C(F)(F)F)CC1. The molecule has 0 saturated carbocycles. The Morgan fingerprint density at radius 2 is 1.78 bits per heavy atom. The quantitative estimate of drug-likeness (QED) is 0.370. The second-order valence-electron chi connectivity index (χ2n) is 8.25. The van der Waals surface area contributed by atoms with E-state index in [-0.39, 0.29) is 21.7 Å². The Balaban J connectivity index is 1.55. The second-order valence-corrected chi connectivity index (χ2v) is 9.10. The molecule has 5 rings (SSSR count). The van der Waals surface area contributed by atoms with Gasteiger partial charge in [0.25, 0.3) is 0 Å². The number of fused-ring (bicyclic) bond motifs is 1. The van der Waals surface area contributed by atoms with Crippen LogP contribution < -0.4 is 14.6 Å². The fourth-order valence-corrected chi connectivity index (χ4v) is 4.56. The monoisotopic (exact) mass is 551 g/mol. The third-order valence-corrected chi connectivity index (χ3v) is 6.47. The van der Waals surface area contributed by atoms with Crippen LogP contribution in [0.25, 0.3) is 22.3 Å². The number of piperazine rings is 1. The number of halogens is 5. The molecule has 37 heavy (non-hydrogen) atoms. The van der Waals surface area contributed by atoms with Gasteiger partial charge in [-0.2, -0.15) is 13.2 Å². The number of carbonyl (C=O) groups is 1. The Morgan fingerprint density at radius 3 is 2.49 bits per heavy atom. The molecular formula is C23H18Cl2F3N7O2. The number of aryl methyl sites for hydroxylation is 1. The van der Waals surface area contributed by atoms with Gasteiger partial charge in [-0.1, -0.05) is 34.1 Å². The summed E-state index contributed by atoms with van der Waals surface area (Å²) in [5.41, 5.74) is 2.52. The predicted octanol–water partition coefficient (Wildman–Crippen LogP) is 4.35. The van der Waals surface area contributed by atoms with Crippen molar-refractivity contribution < 1.29 is 22.8 Å². The van der Waals surface area contributed by atoms with Crippen LogP contribution in [0.2, 0.25) is 10.0 Å². The summed E-state index contributed by atoms with van der Waals surface area (Å²) in [7, 11) is 0. The van der Waals surface area contributed by atoms with E-state index in [1.165, 1.54) is 18.7 Å². The third kappa shape index (κ3) is 4.86. The lowest BCUT2D eigenvalue weighted by molar-refractivity contribution is -0.200. The summed E-state index contributed by atoms with van der Waals surface area (Å²) < 4.78 is 38.8. The minimum atomic E-state index is -5.22. The van der Waals surface area contributed by atoms with E-state index in [0.717, 1.165) is 11.3 Å². The van der Waals surface area contributed by atoms with E-state index in [2.05, 4.69) is 29.8 Å². The average Bonchev–Trinajstić information content (AvgIpc) is 3.23. The number of pyridine rings is 1. The Labute approximate surface area is 218 Å². The molecule has 1 fully saturated rings. The standard InChI is InChI=1S/C23H18Cl2F3N7O2/c1-13-2-3-14(24)10-17(13)33-6-8-34(9-7-33)20-18-19(15-4-5-29-11-16(15)25)32-35(21(18)31-12-30-20)37-22(36)23(26,27)28/h2-5,10-12H,6-9H2,1H3. The Kier molecular flexibility index (Phi) is 6.54. The molecule has 0 aliphatic carbocycles. The summed E-state index contributed by atoms with van der Waals surface area (Å²) in [6, 6.07) is 7.26. The molecule has 0 unspecified atom stereocenters. The maximum absolute atomic E-state index is 12.9. The molecule has 0 atom stereocenters. The van der Waals surface area contributed by atoms with Crippen molar-refractivity contribution in [2.75, 3.05) is 36.0 Å². The van der Waals surface area contributed by atoms with Crippen LogP contribution in [-0.4, -0.2) is 63.2 Å². The van der Waals surface area contributed by atoms with Gasteiger partial charge in [-0.3, -0.25) is 4.98 Å². The maximum atomic E-state index is 12.9. The van der Waals surface area contributed by atoms with Gasteiger partial charge in [0.05, 0.1) is 10.4 Å². The first kappa shape index (κ1) is 25.0. The number of alkyl halides is 3. The Hall–Kier alpha value is -3.64. The van der Waals surface area contributed by atoms with E-state index in [0.29, 0.717) is 47.4 Å². The predicted molar refractivity (Wildman–Crippen MR) is 132 cm³/mol. The zero-order chi connectivity index (χ0) is 26.3. The van der Waals surface area contributed by atoms with Gasteiger partial charge in [0, 0.05) is 54.8 Å². The summed E-state index contributed by atoms with van der Waals surface area (Å²) in [5.74, 6) is -2.01. The lowest BCUT2D eigenvalue weighted by atomic mass is 10.1. The van der Waals surface area contributed by atoms with Crippen molar-refractivity contribution in [1.29, 1.82) is 0 Å². The van der Waals surface area contributed by atoms with E-state index < -0.39 is 12.1 Å². The molecule has 9 nitrogen and oxygen atoms in total. The zero-order valence-electron chi connectivity index (χ0n) is 19.2. The molecule has 0 amide bonds. The molecular weight excluding hydrogens is 534 g/mol. The number of hydrogen-bond donors (Lipinski definition) is 0. The molecule has 1 aliphatic heterocycles. The van der Waals surface area contributed by atoms with E-state index >= 15 is 0 Å². The molecule has 4 aromatic rings. The molecule has 0 N–H and O–H groups in total. The molecule has 3 aromatic heterocycles. The number of hydrogen-bond acceptors (Lipinski definition) is 8. The zero-order valence-corrected chi connectivity index (χ0v) is 20.7. The lowest BCUT2D eigenvalue weighted by Crippen LogP contribution is -2.47. The molecule has 1 saturated heterocycles. The van der Waals surface area contributed by atoms with Crippen molar-refractivity contribution in [3.8, 4) is 11.3 Å². The summed E-state index contributed by atoms with van der Waals surface area (Å²) in [6.07, 6.45) is -1.21. The van der Waals surface area contributed by atoms with Gasteiger partial charge in [0.1, 0.15) is 17.8 Å². The van der Waals surface area contributed by atoms with Crippen molar-refractivity contribution in [3.05, 3.63) is 58.6 Å². The minimum Gasteiger partial charge on any atom is -0.368 e. The van der Waals surface area contributed by atoms with E-state index in [4.69, 9.17) is 23.2 Å². The molecule has 14 heteroatoms. The first-order valence-electron chi connectivity index (χ1n) is 11.0. The van der Waals surface area contributed by atoms with Crippen LogP contribution in [-0.2, 0) is 4.79 Å². The van der Waals surface area contributed by atoms with E-state index in [9.17, 15) is 18.0 Å². The third-order valence-electron chi connectivity index (χ3n) is 5.94. The normalized spacial score (nSPS) is 14.3. The topological polar surface area (TPSA) is 89.3 Å². The maximum Gasteiger partial charge on any atom is 0.493 e. The minimum absolute atomic E-state index is 0.112. The summed E-state index contributed by atoms with van der Waals surface area (Å²) >= 11 is 12.5. The van der Waals surface area contributed by atoms with Gasteiger partial charge in [-0.15, -0.1) is 5.10 Å². The van der Waals surface area contributed by atoms with Crippen molar-refractivity contribution in [3.63, 3.8) is 0 Å². The highest BCUT2D eigenvalue weighted by molar-refractivity contribution is 6.33. The average molecular weight is 552 g/mol. The van der Waals surface area contributed by atoms with Crippen LogP contribution >= 0.6 is 23.2 Å². The van der Waals surface area contributed by atoms with Crippen LogP contribution in [0, 0.1) is 6.92 Å². The van der Waals surface area contributed by atoms with Crippen LogP contribution in [0.15, 0.2) is 43.0 Å². The van der Waals surface area contributed by atoms with Gasteiger partial charge >= 0.3 is 12.1 Å². The number of carbonyl (C=O) groups excluding carboxylic acids is 1. The van der Waals surface area contributed by atoms with Crippen LogP contribution in [0.5, 0.6) is 0 Å². The number of anilines is 2. The first-order chi connectivity index (χ1) is 17.6. The number of rotatable bonds is 4. The molecule has 1 aliphatic rings. The molecule has 1 aromatic carbocycles. The summed E-state index contributed by atoms with van der Waals surface area (Å²) in [6.45, 7) is 4.35. The second kappa shape index (κ2) is 9.67. The highest BCUT2D eigenvalue weighted by Crippen LogP contribution is 2.36. The van der Waals surface area contributed by atoms with Gasteiger partial charge in [-0.25, -0.2) is 14.8 Å². The van der Waals surface area contributed by atoms with Gasteiger partial charge in [0.2, 0.25) is 5.65 Å². The molecule has 0 bridgehead atoms. The molecule has 0 spiro atoms. The van der Waals surface area contributed by atoms with Crippen molar-refractivity contribution in [1.82, 2.24) is 24.9 Å². The van der Waals surface area contributed by atoms with Crippen molar-refractivity contribution in [2.45, 2.75) is 13.1 Å². The van der Waals surface area contributed by atoms with Crippen LogP contribution in [0.3, 0.4) is 0 Å². The molecule has 4 heterocycles. The van der Waals surface area contributed by atoms with Gasteiger partial charge < -0.3 is 14.6 Å². The van der Waals surface area contributed by atoms with Crippen LogP contribution in [0.4, 0.5) is 24.7 Å². The molecule has 192 valence electrons. The van der Waals surface area contributed by atoms with Gasteiger partial charge in [-0.05, 0) is 30.7 Å². The summed E-state index contributed by atoms with van der Waals surface area (Å²) in [4.78, 5) is 33.2. The number of aromatic nitrogens is 5. The number of benzene rings is 1. The fraction of sp³-hybridized carbons (Fsp3) is 0.261. The van der Waals surface area contributed by atoms with Crippen molar-refractivity contribution >= 4 is 51.7 Å². The highest BCUT2D eigenvalue weighted by Gasteiger charge is 2.43. The number of nitrogens with zero attached hydrogens (tertiary/aromatic N) is 7. The Morgan fingerprint density at radius 1 is 1.05 bits per heavy atom. The van der Waals surface area contributed by atoms with Crippen LogP contribution in [0.1, 0.15) is 5.56 Å². The van der Waals surface area contributed by atoms with Crippen molar-refractivity contribution in [2.24, 2.45) is 0 Å². The smallest absolute Gasteiger partial charge is 0.368 e. The largest absolute Gasteiger partial charge is 0.493 e. The lowest BCUT2D eigenvalue weighted by Gasteiger charge is -2.37. The molecule has 0 radical (unpaired) electrons. The summed E-state index contributed by atoms with van der Waals surface area (Å²) in [5, 5.41) is 5.25. The highest BCUT2D eigenvalue weighted by atomic mass is 35.5. The van der Waals surface area contributed by atoms with Gasteiger partial charge in [0.15, 0.2) is 0 Å². The van der Waals surface area contributed by atoms with E-state index in [1.807, 2.05) is 30.0 Å². The fourth-order valence-electron chi connectivity index (χ4n) is 4.18. The Bertz CT molecular complexity index is 1490.